The molecule has 1 aromatic heterocycles. The topological polar surface area (TPSA) is 68.7 Å². The number of carbonyl (C=O) groups excluding carboxylic acids is 1. The van der Waals surface area contributed by atoms with Gasteiger partial charge in [-0.25, -0.2) is 0 Å². The van der Waals surface area contributed by atoms with E-state index in [1.54, 1.807) is 0 Å². The average molecular weight is 361 g/mol. The number of aromatic amines is 1. The van der Waals surface area contributed by atoms with E-state index in [4.69, 9.17) is 5.26 Å². The van der Waals surface area contributed by atoms with Crippen molar-refractivity contribution in [3.05, 3.63) is 76.4 Å². The molecule has 1 aliphatic heterocycles. The number of para-hydroxylation sites is 1. The number of aromatic nitrogens is 1. The summed E-state index contributed by atoms with van der Waals surface area (Å²) in [5.74, 6) is 0.00142. The Hall–Kier alpha value is -3.84. The number of benzene rings is 3. The molecule has 6 rings (SSSR count). The van der Waals surface area contributed by atoms with Crippen LogP contribution in [0.15, 0.2) is 48.5 Å². The van der Waals surface area contributed by atoms with E-state index in [1.165, 1.54) is 28.3 Å². The second kappa shape index (κ2) is 5.34. The summed E-state index contributed by atoms with van der Waals surface area (Å²) in [5.41, 5.74) is 9.89. The van der Waals surface area contributed by atoms with Gasteiger partial charge < -0.3 is 10.3 Å². The number of nitriles is 1. The van der Waals surface area contributed by atoms with E-state index in [9.17, 15) is 4.79 Å². The third-order valence-electron chi connectivity index (χ3n) is 5.94. The van der Waals surface area contributed by atoms with E-state index in [-0.39, 0.29) is 5.91 Å². The minimum absolute atomic E-state index is 0.00142. The largest absolute Gasteiger partial charge is 0.354 e. The molecule has 1 amide bonds. The molecule has 4 heteroatoms. The summed E-state index contributed by atoms with van der Waals surface area (Å²) in [7, 11) is 0. The highest BCUT2D eigenvalue weighted by Gasteiger charge is 2.33. The molecule has 0 radical (unpaired) electrons. The van der Waals surface area contributed by atoms with Crippen molar-refractivity contribution >= 4 is 33.8 Å². The smallest absolute Gasteiger partial charge is 0.252 e. The van der Waals surface area contributed by atoms with E-state index < -0.39 is 0 Å². The van der Waals surface area contributed by atoms with Crippen LogP contribution in [0.4, 0.5) is 0 Å². The molecule has 0 unspecified atom stereocenters. The van der Waals surface area contributed by atoms with Gasteiger partial charge in [-0.05, 0) is 51.6 Å². The lowest BCUT2D eigenvalue weighted by Crippen LogP contribution is -2.12. The van der Waals surface area contributed by atoms with Gasteiger partial charge in [-0.2, -0.15) is 5.26 Å². The van der Waals surface area contributed by atoms with Crippen molar-refractivity contribution in [2.75, 3.05) is 0 Å². The van der Waals surface area contributed by atoms with E-state index in [0.717, 1.165) is 44.9 Å². The average Bonchev–Trinajstić information content (AvgIpc) is 3.38. The van der Waals surface area contributed by atoms with Crippen LogP contribution in [0.2, 0.25) is 0 Å². The number of amides is 1. The van der Waals surface area contributed by atoms with Crippen molar-refractivity contribution in [3.63, 3.8) is 0 Å². The minimum atomic E-state index is 0.00142. The summed E-state index contributed by atoms with van der Waals surface area (Å²) >= 11 is 0. The van der Waals surface area contributed by atoms with Gasteiger partial charge in [-0.15, -0.1) is 0 Å². The fourth-order valence-electron chi connectivity index (χ4n) is 4.81. The number of allylic oxidation sites excluding steroid dienone is 1. The van der Waals surface area contributed by atoms with Gasteiger partial charge in [0.25, 0.3) is 5.91 Å². The van der Waals surface area contributed by atoms with E-state index in [2.05, 4.69) is 34.6 Å². The molecule has 2 heterocycles. The maximum atomic E-state index is 12.8. The Morgan fingerprint density at radius 3 is 2.86 bits per heavy atom. The quantitative estimate of drug-likeness (QED) is 0.426. The van der Waals surface area contributed by atoms with Crippen molar-refractivity contribution < 1.29 is 4.79 Å². The first-order valence-electron chi connectivity index (χ1n) is 9.32. The van der Waals surface area contributed by atoms with Crippen molar-refractivity contribution in [1.82, 2.24) is 10.3 Å². The molecule has 4 aromatic rings. The predicted octanol–water partition coefficient (Wildman–Crippen LogP) is 4.67. The zero-order chi connectivity index (χ0) is 18.8. The highest BCUT2D eigenvalue weighted by Crippen LogP contribution is 2.47. The molecule has 1 aliphatic carbocycles. The van der Waals surface area contributed by atoms with Crippen LogP contribution in [0.3, 0.4) is 0 Å². The van der Waals surface area contributed by atoms with Crippen LogP contribution in [0.1, 0.15) is 32.6 Å². The Balaban J connectivity index is 1.74. The van der Waals surface area contributed by atoms with Crippen LogP contribution in [-0.2, 0) is 13.0 Å². The third-order valence-corrected chi connectivity index (χ3v) is 5.94. The first-order valence-corrected chi connectivity index (χ1v) is 9.32. The minimum Gasteiger partial charge on any atom is -0.354 e. The summed E-state index contributed by atoms with van der Waals surface area (Å²) in [4.78, 5) is 16.3. The van der Waals surface area contributed by atoms with Crippen LogP contribution >= 0.6 is 0 Å². The summed E-state index contributed by atoms with van der Waals surface area (Å²) in [5, 5.41) is 14.0. The second-order valence-electron chi connectivity index (χ2n) is 7.37. The normalized spacial score (nSPS) is 14.3. The zero-order valence-electron chi connectivity index (χ0n) is 15.0. The van der Waals surface area contributed by atoms with Crippen LogP contribution in [-0.4, -0.2) is 10.9 Å². The number of hydrogen-bond acceptors (Lipinski definition) is 2. The maximum Gasteiger partial charge on any atom is 0.252 e. The summed E-state index contributed by atoms with van der Waals surface area (Å²) in [6.07, 6.45) is 4.16. The molecule has 0 fully saturated rings. The molecule has 132 valence electrons. The summed E-state index contributed by atoms with van der Waals surface area (Å²) < 4.78 is 0. The number of nitrogens with one attached hydrogen (secondary N) is 2. The van der Waals surface area contributed by atoms with E-state index in [0.29, 0.717) is 6.54 Å². The molecule has 0 bridgehead atoms. The number of fused-ring (bicyclic) bond motifs is 10. The molecule has 0 atom stereocenters. The fraction of sp³-hybridized carbons (Fsp3) is 0.0833. The molecule has 2 N–H and O–H groups in total. The Labute approximate surface area is 161 Å². The Kier molecular flexibility index (Phi) is 2.91. The summed E-state index contributed by atoms with van der Waals surface area (Å²) in [6.45, 7) is 0.559. The lowest BCUT2D eigenvalue weighted by atomic mass is 9.92. The van der Waals surface area contributed by atoms with Gasteiger partial charge in [0.1, 0.15) is 0 Å². The van der Waals surface area contributed by atoms with E-state index in [1.807, 2.05) is 30.3 Å². The molecule has 0 spiro atoms. The van der Waals surface area contributed by atoms with Crippen LogP contribution < -0.4 is 5.32 Å². The third kappa shape index (κ3) is 1.85. The highest BCUT2D eigenvalue weighted by atomic mass is 16.1. The lowest BCUT2D eigenvalue weighted by molar-refractivity contribution is 0.0967. The maximum absolute atomic E-state index is 12.8. The number of rotatable bonds is 1. The number of carbonyl (C=O) groups is 1. The van der Waals surface area contributed by atoms with Gasteiger partial charge in [0.2, 0.25) is 0 Å². The van der Waals surface area contributed by atoms with Gasteiger partial charge in [-0.3, -0.25) is 4.79 Å². The molecule has 0 saturated heterocycles. The number of nitrogens with zero attached hydrogens (tertiary/aromatic N) is 1. The molecule has 4 nitrogen and oxygen atoms in total. The molecule has 28 heavy (non-hydrogen) atoms. The molecule has 3 aromatic carbocycles. The van der Waals surface area contributed by atoms with Crippen molar-refractivity contribution in [3.8, 4) is 17.2 Å². The first kappa shape index (κ1) is 15.2. The van der Waals surface area contributed by atoms with Gasteiger partial charge in [0.05, 0.1) is 17.1 Å². The van der Waals surface area contributed by atoms with E-state index >= 15 is 0 Å². The fourth-order valence-corrected chi connectivity index (χ4v) is 4.81. The SMILES string of the molecule is N#C/C=C/c1ccc2c(c1)-c1c3c(c4c([nH]c5ccccc54)c1C2)C(=O)NC3. The molecular formula is C24H15N3O. The predicted molar refractivity (Wildman–Crippen MR) is 110 cm³/mol. The molecular weight excluding hydrogens is 346 g/mol. The van der Waals surface area contributed by atoms with Gasteiger partial charge >= 0.3 is 0 Å². The van der Waals surface area contributed by atoms with Gasteiger partial charge in [0, 0.05) is 35.3 Å². The van der Waals surface area contributed by atoms with Crippen molar-refractivity contribution in [2.45, 2.75) is 13.0 Å². The standard InChI is InChI=1S/C24H15N3O/c25-9-3-4-13-7-8-14-11-17-20(16(14)10-13)18-12-26-24(28)22(18)21-15-5-1-2-6-19(15)27-23(17)21/h1-8,10,27H,11-12H2,(H,26,28)/b4-3+. The number of hydrogen-bond donors (Lipinski definition) is 2. The number of H-pyrrole nitrogens is 1. The Morgan fingerprint density at radius 2 is 1.96 bits per heavy atom. The van der Waals surface area contributed by atoms with Gasteiger partial charge in [-0.1, -0.05) is 30.3 Å². The highest BCUT2D eigenvalue weighted by molar-refractivity contribution is 6.22. The monoisotopic (exact) mass is 361 g/mol. The molecule has 0 saturated carbocycles. The Morgan fingerprint density at radius 1 is 1.07 bits per heavy atom. The first-order chi connectivity index (χ1) is 13.8. The Bertz CT molecular complexity index is 1420. The van der Waals surface area contributed by atoms with Crippen molar-refractivity contribution in [1.29, 1.82) is 5.26 Å². The zero-order valence-corrected chi connectivity index (χ0v) is 15.0. The van der Waals surface area contributed by atoms with Crippen LogP contribution in [0.25, 0.3) is 39.0 Å². The second-order valence-corrected chi connectivity index (χ2v) is 7.37. The van der Waals surface area contributed by atoms with Crippen LogP contribution in [0, 0.1) is 11.3 Å². The van der Waals surface area contributed by atoms with Gasteiger partial charge in [0.15, 0.2) is 0 Å². The molecule has 2 aliphatic rings. The summed E-state index contributed by atoms with van der Waals surface area (Å²) in [6, 6.07) is 16.5. The van der Waals surface area contributed by atoms with Crippen molar-refractivity contribution in [2.24, 2.45) is 0 Å². The van der Waals surface area contributed by atoms with Crippen LogP contribution in [0.5, 0.6) is 0 Å². The lowest BCUT2D eigenvalue weighted by Gasteiger charge is -2.10.